The SMILES string of the molecule is CCC(C)CN(C)C(=O)NCCC(C)C(=O)O. The van der Waals surface area contributed by atoms with Crippen LogP contribution in [0.1, 0.15) is 33.6 Å². The van der Waals surface area contributed by atoms with Crippen molar-refractivity contribution in [3.63, 3.8) is 0 Å². The molecule has 0 aliphatic rings. The molecule has 0 aliphatic heterocycles. The molecule has 0 radical (unpaired) electrons. The lowest BCUT2D eigenvalue weighted by molar-refractivity contribution is -0.141. The zero-order valence-electron chi connectivity index (χ0n) is 11.2. The van der Waals surface area contributed by atoms with E-state index >= 15 is 0 Å². The molecular weight excluding hydrogens is 220 g/mol. The van der Waals surface area contributed by atoms with Gasteiger partial charge in [-0.15, -0.1) is 0 Å². The van der Waals surface area contributed by atoms with Crippen LogP contribution in [0, 0.1) is 11.8 Å². The van der Waals surface area contributed by atoms with Crippen molar-refractivity contribution >= 4 is 12.0 Å². The third-order valence-electron chi connectivity index (χ3n) is 2.90. The minimum absolute atomic E-state index is 0.136. The van der Waals surface area contributed by atoms with Crippen molar-refractivity contribution in [2.24, 2.45) is 11.8 Å². The number of carboxylic acids is 1. The highest BCUT2D eigenvalue weighted by Crippen LogP contribution is 2.03. The van der Waals surface area contributed by atoms with Gasteiger partial charge in [0.1, 0.15) is 0 Å². The van der Waals surface area contributed by atoms with E-state index in [1.807, 2.05) is 0 Å². The van der Waals surface area contributed by atoms with Crippen LogP contribution in [-0.4, -0.2) is 42.1 Å². The number of hydrogen-bond donors (Lipinski definition) is 2. The van der Waals surface area contributed by atoms with Crippen LogP contribution in [-0.2, 0) is 4.79 Å². The van der Waals surface area contributed by atoms with Crippen LogP contribution in [0.15, 0.2) is 0 Å². The Labute approximate surface area is 103 Å². The first-order valence-electron chi connectivity index (χ1n) is 6.10. The summed E-state index contributed by atoms with van der Waals surface area (Å²) >= 11 is 0. The van der Waals surface area contributed by atoms with E-state index in [2.05, 4.69) is 19.2 Å². The number of carbonyl (C=O) groups is 2. The number of rotatable bonds is 7. The molecule has 2 atom stereocenters. The summed E-state index contributed by atoms with van der Waals surface area (Å²) in [6.45, 7) is 6.94. The average molecular weight is 244 g/mol. The fourth-order valence-electron chi connectivity index (χ4n) is 1.33. The predicted octanol–water partition coefficient (Wildman–Crippen LogP) is 1.78. The topological polar surface area (TPSA) is 69.6 Å². The number of amides is 2. The highest BCUT2D eigenvalue weighted by atomic mass is 16.4. The number of aliphatic carboxylic acids is 1. The minimum atomic E-state index is -0.827. The molecule has 0 spiro atoms. The maximum absolute atomic E-state index is 11.6. The number of urea groups is 1. The van der Waals surface area contributed by atoms with Gasteiger partial charge >= 0.3 is 12.0 Å². The van der Waals surface area contributed by atoms with E-state index in [0.717, 1.165) is 13.0 Å². The second kappa shape index (κ2) is 7.92. The molecule has 5 nitrogen and oxygen atoms in total. The van der Waals surface area contributed by atoms with Crippen LogP contribution in [0.3, 0.4) is 0 Å². The van der Waals surface area contributed by atoms with Crippen LogP contribution >= 0.6 is 0 Å². The normalized spacial score (nSPS) is 13.9. The van der Waals surface area contributed by atoms with E-state index in [4.69, 9.17) is 5.11 Å². The summed E-state index contributed by atoms with van der Waals surface area (Å²) in [5.41, 5.74) is 0. The number of nitrogens with zero attached hydrogens (tertiary/aromatic N) is 1. The first-order chi connectivity index (χ1) is 7.88. The molecule has 0 aromatic carbocycles. The Kier molecular flexibility index (Phi) is 7.34. The third-order valence-corrected chi connectivity index (χ3v) is 2.90. The highest BCUT2D eigenvalue weighted by molar-refractivity contribution is 5.74. The molecule has 0 rings (SSSR count). The molecule has 2 N–H and O–H groups in total. The first kappa shape index (κ1) is 15.7. The van der Waals surface area contributed by atoms with Gasteiger partial charge in [-0.25, -0.2) is 4.79 Å². The van der Waals surface area contributed by atoms with E-state index in [1.165, 1.54) is 0 Å². The second-order valence-corrected chi connectivity index (χ2v) is 4.65. The molecule has 2 unspecified atom stereocenters. The van der Waals surface area contributed by atoms with Crippen molar-refractivity contribution in [3.05, 3.63) is 0 Å². The molecule has 0 aromatic rings. The van der Waals surface area contributed by atoms with E-state index in [0.29, 0.717) is 18.9 Å². The Morgan fingerprint density at radius 1 is 1.35 bits per heavy atom. The van der Waals surface area contributed by atoms with E-state index in [9.17, 15) is 9.59 Å². The van der Waals surface area contributed by atoms with Gasteiger partial charge in [-0.2, -0.15) is 0 Å². The summed E-state index contributed by atoms with van der Waals surface area (Å²) in [5.74, 6) is -0.772. The monoisotopic (exact) mass is 244 g/mol. The Bertz CT molecular complexity index is 256. The van der Waals surface area contributed by atoms with Gasteiger partial charge in [0.05, 0.1) is 5.92 Å². The lowest BCUT2D eigenvalue weighted by Gasteiger charge is -2.21. The highest BCUT2D eigenvalue weighted by Gasteiger charge is 2.13. The van der Waals surface area contributed by atoms with Gasteiger partial charge in [-0.3, -0.25) is 4.79 Å². The fourth-order valence-corrected chi connectivity index (χ4v) is 1.33. The van der Waals surface area contributed by atoms with Gasteiger partial charge in [0.25, 0.3) is 0 Å². The van der Waals surface area contributed by atoms with Crippen LogP contribution < -0.4 is 5.32 Å². The van der Waals surface area contributed by atoms with Gasteiger partial charge in [-0.05, 0) is 12.3 Å². The number of nitrogens with one attached hydrogen (secondary N) is 1. The van der Waals surface area contributed by atoms with Crippen molar-refractivity contribution in [3.8, 4) is 0 Å². The molecule has 2 amide bonds. The molecule has 0 bridgehead atoms. The number of carbonyl (C=O) groups excluding carboxylic acids is 1. The van der Waals surface area contributed by atoms with Gasteiger partial charge < -0.3 is 15.3 Å². The van der Waals surface area contributed by atoms with Crippen molar-refractivity contribution in [2.75, 3.05) is 20.1 Å². The summed E-state index contributed by atoms with van der Waals surface area (Å²) in [5, 5.41) is 11.4. The molecule has 0 heterocycles. The van der Waals surface area contributed by atoms with Crippen molar-refractivity contribution in [1.82, 2.24) is 10.2 Å². The third kappa shape index (κ3) is 6.81. The molecule has 0 saturated carbocycles. The van der Waals surface area contributed by atoms with Crippen molar-refractivity contribution in [2.45, 2.75) is 33.6 Å². The van der Waals surface area contributed by atoms with Crippen LogP contribution in [0.4, 0.5) is 4.79 Å². The van der Waals surface area contributed by atoms with Gasteiger partial charge in [0.15, 0.2) is 0 Å². The second-order valence-electron chi connectivity index (χ2n) is 4.65. The number of carboxylic acid groups (broad SMARTS) is 1. The van der Waals surface area contributed by atoms with Gasteiger partial charge in [0, 0.05) is 20.1 Å². The van der Waals surface area contributed by atoms with Crippen LogP contribution in [0.25, 0.3) is 0 Å². The Morgan fingerprint density at radius 3 is 2.41 bits per heavy atom. The molecule has 17 heavy (non-hydrogen) atoms. The zero-order valence-corrected chi connectivity index (χ0v) is 11.2. The fraction of sp³-hybridized carbons (Fsp3) is 0.833. The Hall–Kier alpha value is -1.26. The summed E-state index contributed by atoms with van der Waals surface area (Å²) in [6.07, 6.45) is 1.49. The maximum Gasteiger partial charge on any atom is 0.317 e. The number of hydrogen-bond acceptors (Lipinski definition) is 2. The van der Waals surface area contributed by atoms with E-state index in [1.54, 1.807) is 18.9 Å². The van der Waals surface area contributed by atoms with Crippen LogP contribution in [0.5, 0.6) is 0 Å². The van der Waals surface area contributed by atoms with Gasteiger partial charge in [-0.1, -0.05) is 27.2 Å². The first-order valence-corrected chi connectivity index (χ1v) is 6.10. The molecule has 0 aliphatic carbocycles. The smallest absolute Gasteiger partial charge is 0.317 e. The largest absolute Gasteiger partial charge is 0.481 e. The zero-order chi connectivity index (χ0) is 13.4. The van der Waals surface area contributed by atoms with E-state index < -0.39 is 11.9 Å². The quantitative estimate of drug-likeness (QED) is 0.717. The molecule has 0 aromatic heterocycles. The van der Waals surface area contributed by atoms with E-state index in [-0.39, 0.29) is 6.03 Å². The molecular formula is C12H24N2O3. The summed E-state index contributed by atoms with van der Waals surface area (Å²) in [4.78, 5) is 23.8. The average Bonchev–Trinajstić information content (AvgIpc) is 2.28. The lowest BCUT2D eigenvalue weighted by atomic mass is 10.1. The molecule has 0 fully saturated rings. The lowest BCUT2D eigenvalue weighted by Crippen LogP contribution is -2.40. The van der Waals surface area contributed by atoms with Crippen molar-refractivity contribution in [1.29, 1.82) is 0 Å². The molecule has 5 heteroatoms. The summed E-state index contributed by atoms with van der Waals surface area (Å²) in [7, 11) is 1.75. The minimum Gasteiger partial charge on any atom is -0.481 e. The van der Waals surface area contributed by atoms with Crippen LogP contribution in [0.2, 0.25) is 0 Å². The Balaban J connectivity index is 3.82. The van der Waals surface area contributed by atoms with Gasteiger partial charge in [0.2, 0.25) is 0 Å². The molecule has 100 valence electrons. The molecule has 0 saturated heterocycles. The predicted molar refractivity (Wildman–Crippen MR) is 66.9 cm³/mol. The Morgan fingerprint density at radius 2 is 1.94 bits per heavy atom. The standard InChI is InChI=1S/C12H24N2O3/c1-5-9(2)8-14(4)12(17)13-7-6-10(3)11(15)16/h9-10H,5-8H2,1-4H3,(H,13,17)(H,15,16). The van der Waals surface area contributed by atoms with Crippen molar-refractivity contribution < 1.29 is 14.7 Å². The summed E-state index contributed by atoms with van der Waals surface area (Å²) in [6, 6.07) is -0.136. The maximum atomic E-state index is 11.6. The summed E-state index contributed by atoms with van der Waals surface area (Å²) < 4.78 is 0.